The van der Waals surface area contributed by atoms with E-state index in [1.165, 1.54) is 11.1 Å². The minimum atomic E-state index is -0.594. The molecular formula is C37H33N5O3. The van der Waals surface area contributed by atoms with Gasteiger partial charge in [-0.1, -0.05) is 18.2 Å². The fourth-order valence-corrected chi connectivity index (χ4v) is 8.18. The molecule has 0 saturated carbocycles. The minimum Gasteiger partial charge on any atom is -0.504 e. The molecule has 0 radical (unpaired) electrons. The summed E-state index contributed by atoms with van der Waals surface area (Å²) in [7, 11) is 2.19. The van der Waals surface area contributed by atoms with Crippen LogP contribution in [0.2, 0.25) is 0 Å². The van der Waals surface area contributed by atoms with Gasteiger partial charge < -0.3 is 29.8 Å². The van der Waals surface area contributed by atoms with Crippen LogP contribution in [0.3, 0.4) is 0 Å². The van der Waals surface area contributed by atoms with Crippen LogP contribution in [0, 0.1) is 5.92 Å². The second-order valence-corrected chi connectivity index (χ2v) is 12.8. The Hall–Kier alpha value is -4.92. The molecule has 7 heterocycles. The van der Waals surface area contributed by atoms with Gasteiger partial charge in [0.15, 0.2) is 11.5 Å². The topological polar surface area (TPSA) is 110 Å². The van der Waals surface area contributed by atoms with Gasteiger partial charge in [0, 0.05) is 45.0 Å². The number of ether oxygens (including phenoxy) is 1. The number of likely N-dealkylation sites (tertiary alicyclic amines) is 1. The molecule has 2 unspecified atom stereocenters. The Morgan fingerprint density at radius 3 is 2.04 bits per heavy atom. The van der Waals surface area contributed by atoms with E-state index in [-0.39, 0.29) is 17.3 Å². The number of aromatic amines is 2. The Balaban J connectivity index is 0.000000126. The molecular weight excluding hydrogens is 562 g/mol. The molecule has 10 rings (SSSR count). The molecule has 0 amide bonds. The highest BCUT2D eigenvalue weighted by Crippen LogP contribution is 2.62. The number of nitrogens with zero attached hydrogens (tertiary/aromatic N) is 3. The number of aliphatic hydroxyl groups is 1. The summed E-state index contributed by atoms with van der Waals surface area (Å²) in [5.74, 6) is 1.19. The zero-order chi connectivity index (χ0) is 30.3. The number of phenolic OH excluding ortho intramolecular Hbond substituents is 1. The molecule has 1 spiro atoms. The Bertz CT molecular complexity index is 2030. The van der Waals surface area contributed by atoms with E-state index >= 15 is 0 Å². The molecule has 10 bridgehead atoms. The van der Waals surface area contributed by atoms with E-state index in [0.29, 0.717) is 17.7 Å². The number of hydrogen-bond donors (Lipinski definition) is 4. The maximum atomic E-state index is 10.4. The average molecular weight is 596 g/mol. The Morgan fingerprint density at radius 1 is 0.800 bits per heavy atom. The first kappa shape index (κ1) is 26.5. The molecule has 8 heteroatoms. The molecule has 6 aliphatic rings. The first-order chi connectivity index (χ1) is 21.9. The van der Waals surface area contributed by atoms with Crippen LogP contribution in [-0.2, 0) is 11.8 Å². The Labute approximate surface area is 260 Å². The van der Waals surface area contributed by atoms with Crippen LogP contribution < -0.4 is 4.74 Å². The molecule has 1 aromatic carbocycles. The maximum Gasteiger partial charge on any atom is 0.165 e. The van der Waals surface area contributed by atoms with Gasteiger partial charge in [0.1, 0.15) is 12.2 Å². The van der Waals surface area contributed by atoms with Crippen molar-refractivity contribution in [1.82, 2.24) is 24.8 Å². The summed E-state index contributed by atoms with van der Waals surface area (Å²) in [5, 5.41) is 20.6. The highest BCUT2D eigenvalue weighted by atomic mass is 16.5. The van der Waals surface area contributed by atoms with Crippen LogP contribution in [0.25, 0.3) is 46.4 Å². The molecule has 4 N–H and O–H groups in total. The molecule has 224 valence electrons. The van der Waals surface area contributed by atoms with Crippen molar-refractivity contribution in [3.05, 3.63) is 107 Å². The standard InChI is InChI=1S/C20H14N4.C17H19NO3/c1-2-14-10-16-5-6-18(23-16)12-20-8-7-19(24-20)11-17-4-3-15(22-17)9-13(1)21-14;1-18-7-6-17-10-3-5-13(20)16(17)21-15-12(19)4-2-9(14(15)17)8-11(10)18/h1-12,21-22H;2-5,10-11,13,16,19-20H,6-8H2,1H3/t;10-,11+,13?,16?,17-/m.0/s1. The zero-order valence-corrected chi connectivity index (χ0v) is 24.8. The summed E-state index contributed by atoms with van der Waals surface area (Å²) in [6.07, 6.45) is 13.2. The lowest BCUT2D eigenvalue weighted by molar-refractivity contribution is -0.0453. The van der Waals surface area contributed by atoms with Gasteiger partial charge in [-0.05, 0) is 111 Å². The zero-order valence-electron chi connectivity index (χ0n) is 24.8. The van der Waals surface area contributed by atoms with E-state index in [1.54, 1.807) is 6.07 Å². The summed E-state index contributed by atoms with van der Waals surface area (Å²) in [6, 6.07) is 20.6. The highest BCUT2D eigenvalue weighted by Gasteiger charge is 2.64. The van der Waals surface area contributed by atoms with Crippen LogP contribution in [0.1, 0.15) is 40.3 Å². The average Bonchev–Trinajstić information content (AvgIpc) is 3.86. The van der Waals surface area contributed by atoms with Crippen molar-refractivity contribution in [2.75, 3.05) is 13.6 Å². The van der Waals surface area contributed by atoms with Gasteiger partial charge in [-0.2, -0.15) is 0 Å². The number of benzene rings is 1. The lowest BCUT2D eigenvalue weighted by Gasteiger charge is -2.56. The molecule has 8 nitrogen and oxygen atoms in total. The number of fused-ring (bicyclic) bond motifs is 8. The molecule has 4 aliphatic heterocycles. The van der Waals surface area contributed by atoms with Crippen LogP contribution in [0.5, 0.6) is 11.5 Å². The van der Waals surface area contributed by atoms with Gasteiger partial charge in [-0.25, -0.2) is 9.97 Å². The number of H-pyrrole nitrogens is 2. The maximum absolute atomic E-state index is 10.4. The number of aliphatic hydroxyl groups excluding tert-OH is 1. The molecule has 1 fully saturated rings. The summed E-state index contributed by atoms with van der Waals surface area (Å²) >= 11 is 0. The summed E-state index contributed by atoms with van der Waals surface area (Å²) in [4.78, 5) is 18.5. The predicted octanol–water partition coefficient (Wildman–Crippen LogP) is 5.85. The van der Waals surface area contributed by atoms with Crippen molar-refractivity contribution in [3.63, 3.8) is 0 Å². The second kappa shape index (κ2) is 9.79. The van der Waals surface area contributed by atoms with Crippen molar-refractivity contribution in [2.24, 2.45) is 5.92 Å². The fraction of sp³-hybridized carbons (Fsp3) is 0.243. The van der Waals surface area contributed by atoms with Gasteiger partial charge in [-0.3, -0.25) is 0 Å². The number of likely N-dealkylation sites (N-methyl/N-ethyl adjacent to an activating group) is 1. The first-order valence-corrected chi connectivity index (χ1v) is 15.6. The van der Waals surface area contributed by atoms with Gasteiger partial charge in [0.25, 0.3) is 0 Å². The fourth-order valence-electron chi connectivity index (χ4n) is 8.18. The van der Waals surface area contributed by atoms with E-state index < -0.39 is 6.10 Å². The number of rotatable bonds is 0. The number of nitrogens with one attached hydrogen (secondary N) is 2. The quantitative estimate of drug-likeness (QED) is 0.164. The van der Waals surface area contributed by atoms with E-state index in [4.69, 9.17) is 4.74 Å². The van der Waals surface area contributed by atoms with Crippen molar-refractivity contribution < 1.29 is 14.9 Å². The lowest BCUT2D eigenvalue weighted by Crippen LogP contribution is -2.64. The Morgan fingerprint density at radius 2 is 1.40 bits per heavy atom. The van der Waals surface area contributed by atoms with Crippen LogP contribution in [-0.4, -0.2) is 66.9 Å². The summed E-state index contributed by atoms with van der Waals surface area (Å²) < 4.78 is 6.09. The third kappa shape index (κ3) is 4.20. The van der Waals surface area contributed by atoms with Crippen LogP contribution in [0.4, 0.5) is 0 Å². The number of aromatic nitrogens is 4. The normalized spacial score (nSPS) is 26.6. The van der Waals surface area contributed by atoms with Gasteiger partial charge in [0.2, 0.25) is 0 Å². The molecule has 3 aromatic heterocycles. The van der Waals surface area contributed by atoms with Crippen molar-refractivity contribution in [3.8, 4) is 11.5 Å². The molecule has 4 aromatic rings. The minimum absolute atomic E-state index is 0.160. The number of aromatic hydroxyl groups is 1. The highest BCUT2D eigenvalue weighted by molar-refractivity contribution is 5.77. The Kier molecular flexibility index (Phi) is 5.76. The summed E-state index contributed by atoms with van der Waals surface area (Å²) in [5.41, 5.74) is 10.2. The van der Waals surface area contributed by atoms with E-state index in [9.17, 15) is 10.2 Å². The monoisotopic (exact) mass is 595 g/mol. The van der Waals surface area contributed by atoms with Crippen molar-refractivity contribution >= 4 is 46.4 Å². The molecule has 45 heavy (non-hydrogen) atoms. The largest absolute Gasteiger partial charge is 0.504 e. The van der Waals surface area contributed by atoms with Crippen LogP contribution in [0.15, 0.2) is 72.8 Å². The van der Waals surface area contributed by atoms with Gasteiger partial charge >= 0.3 is 0 Å². The predicted molar refractivity (Wildman–Crippen MR) is 176 cm³/mol. The van der Waals surface area contributed by atoms with Gasteiger partial charge in [-0.15, -0.1) is 0 Å². The molecule has 1 saturated heterocycles. The smallest absolute Gasteiger partial charge is 0.165 e. The third-order valence-electron chi connectivity index (χ3n) is 10.2. The SMILES string of the molecule is C1=Cc2cc3ccc(cc4ccc(cc5nc(cc1n2)C=C5)[nH]4)[nH]3.CN1CC[C@]23c4c5ccc(O)c4OC2C(O)C=C[C@H]3[C@H]1C5. The van der Waals surface area contributed by atoms with Gasteiger partial charge in [0.05, 0.1) is 22.8 Å². The molecule has 2 aliphatic carbocycles. The van der Waals surface area contributed by atoms with E-state index in [0.717, 1.165) is 64.2 Å². The summed E-state index contributed by atoms with van der Waals surface area (Å²) in [6.45, 7) is 1.01. The van der Waals surface area contributed by atoms with Crippen LogP contribution >= 0.6 is 0 Å². The third-order valence-corrected chi connectivity index (χ3v) is 10.2. The first-order valence-electron chi connectivity index (χ1n) is 15.6. The number of hydrogen-bond acceptors (Lipinski definition) is 6. The second-order valence-electron chi connectivity index (χ2n) is 12.8. The van der Waals surface area contributed by atoms with Crippen molar-refractivity contribution in [1.29, 1.82) is 0 Å². The number of piperidine rings is 1. The molecule has 5 atom stereocenters. The van der Waals surface area contributed by atoms with E-state index in [2.05, 4.69) is 68.3 Å². The number of phenols is 1. The van der Waals surface area contributed by atoms with Crippen molar-refractivity contribution in [2.45, 2.75) is 36.5 Å². The van der Waals surface area contributed by atoms with E-state index in [1.807, 2.05) is 54.6 Å². The lowest BCUT2D eigenvalue weighted by atomic mass is 9.53.